The van der Waals surface area contributed by atoms with Gasteiger partial charge in [0.1, 0.15) is 0 Å². The van der Waals surface area contributed by atoms with Gasteiger partial charge in [-0.15, -0.1) is 6.58 Å². The molecule has 1 rings (SSSR count). The van der Waals surface area contributed by atoms with Crippen LogP contribution < -0.4 is 0 Å². The maximum Gasteiger partial charge on any atom is 0.0566 e. The first-order valence-corrected chi connectivity index (χ1v) is 4.39. The number of hydrogen-bond donors (Lipinski definition) is 1. The average Bonchev–Trinajstić information content (AvgIpc) is 1.98. The van der Waals surface area contributed by atoms with E-state index in [0.29, 0.717) is 5.92 Å². The van der Waals surface area contributed by atoms with Gasteiger partial charge in [0, 0.05) is 0 Å². The van der Waals surface area contributed by atoms with Crippen LogP contribution in [0.2, 0.25) is 0 Å². The van der Waals surface area contributed by atoms with Gasteiger partial charge in [-0.3, -0.25) is 0 Å². The number of allylic oxidation sites excluding steroid dienone is 1. The Morgan fingerprint density at radius 3 is 2.73 bits per heavy atom. The Kier molecular flexibility index (Phi) is 2.38. The number of aliphatic hydroxyl groups excluding tert-OH is 1. The van der Waals surface area contributed by atoms with Gasteiger partial charge in [-0.25, -0.2) is 0 Å². The zero-order valence-electron chi connectivity index (χ0n) is 7.51. The third-order valence-electron chi connectivity index (χ3n) is 2.95. The van der Waals surface area contributed by atoms with Crippen LogP contribution in [0.3, 0.4) is 0 Å². The molecule has 0 saturated heterocycles. The fourth-order valence-electron chi connectivity index (χ4n) is 1.92. The van der Waals surface area contributed by atoms with Crippen molar-refractivity contribution < 1.29 is 5.11 Å². The molecule has 0 bridgehead atoms. The molecule has 1 N–H and O–H groups in total. The van der Waals surface area contributed by atoms with Gasteiger partial charge in [0.05, 0.1) is 6.10 Å². The van der Waals surface area contributed by atoms with Gasteiger partial charge in [-0.1, -0.05) is 19.9 Å². The minimum Gasteiger partial charge on any atom is -0.393 e. The zero-order valence-corrected chi connectivity index (χ0v) is 7.51. The number of rotatable bonds is 1. The molecule has 1 aliphatic carbocycles. The highest BCUT2D eigenvalue weighted by Gasteiger charge is 2.32. The van der Waals surface area contributed by atoms with Crippen LogP contribution in [0.4, 0.5) is 0 Å². The summed E-state index contributed by atoms with van der Waals surface area (Å²) in [7, 11) is 0. The van der Waals surface area contributed by atoms with Crippen molar-refractivity contribution in [1.29, 1.82) is 0 Å². The maximum atomic E-state index is 9.47. The van der Waals surface area contributed by atoms with Crippen LogP contribution in [0.25, 0.3) is 0 Å². The predicted octanol–water partition coefficient (Wildman–Crippen LogP) is 2.36. The quantitative estimate of drug-likeness (QED) is 0.575. The lowest BCUT2D eigenvalue weighted by atomic mass is 9.70. The number of hydrogen-bond acceptors (Lipinski definition) is 1. The van der Waals surface area contributed by atoms with E-state index in [0.717, 1.165) is 19.3 Å². The minimum absolute atomic E-state index is 0.0805. The lowest BCUT2D eigenvalue weighted by Crippen LogP contribution is -2.32. The van der Waals surface area contributed by atoms with Gasteiger partial charge in [0.25, 0.3) is 0 Å². The monoisotopic (exact) mass is 154 g/mol. The van der Waals surface area contributed by atoms with Gasteiger partial charge < -0.3 is 5.11 Å². The van der Waals surface area contributed by atoms with Crippen LogP contribution in [0.5, 0.6) is 0 Å². The molecule has 0 aromatic heterocycles. The molecule has 64 valence electrons. The maximum absolute atomic E-state index is 9.47. The van der Waals surface area contributed by atoms with E-state index in [2.05, 4.69) is 20.4 Å². The van der Waals surface area contributed by atoms with Crippen molar-refractivity contribution in [2.45, 2.75) is 39.2 Å². The second-order valence-corrected chi connectivity index (χ2v) is 4.15. The van der Waals surface area contributed by atoms with Crippen LogP contribution in [0, 0.1) is 11.3 Å². The average molecular weight is 154 g/mol. The van der Waals surface area contributed by atoms with Gasteiger partial charge in [0.15, 0.2) is 0 Å². The Morgan fingerprint density at radius 2 is 2.27 bits per heavy atom. The van der Waals surface area contributed by atoms with Crippen molar-refractivity contribution in [3.63, 3.8) is 0 Å². The van der Waals surface area contributed by atoms with Crippen LogP contribution >= 0.6 is 0 Å². The van der Waals surface area contributed by atoms with E-state index in [1.807, 2.05) is 6.08 Å². The fourth-order valence-corrected chi connectivity index (χ4v) is 1.92. The third kappa shape index (κ3) is 1.84. The molecule has 11 heavy (non-hydrogen) atoms. The Hall–Kier alpha value is -0.300. The lowest BCUT2D eigenvalue weighted by Gasteiger charge is -2.37. The largest absolute Gasteiger partial charge is 0.393 e. The molecule has 1 heteroatoms. The van der Waals surface area contributed by atoms with Crippen LogP contribution in [0.1, 0.15) is 33.1 Å². The molecule has 0 heterocycles. The molecule has 0 radical (unpaired) electrons. The summed E-state index contributed by atoms with van der Waals surface area (Å²) >= 11 is 0. The molecule has 3 unspecified atom stereocenters. The Bertz CT molecular complexity index is 153. The summed E-state index contributed by atoms with van der Waals surface area (Å²) < 4.78 is 0. The summed E-state index contributed by atoms with van der Waals surface area (Å²) in [5.74, 6) is 0.437. The van der Waals surface area contributed by atoms with Gasteiger partial charge in [-0.2, -0.15) is 0 Å². The van der Waals surface area contributed by atoms with E-state index in [9.17, 15) is 5.11 Å². The summed E-state index contributed by atoms with van der Waals surface area (Å²) in [6.45, 7) is 8.18. The standard InChI is InChI=1S/C10H18O/c1-4-10(3)6-5-9(11)8(2)7-10/h4,8-9,11H,1,5-7H2,2-3H3. The van der Waals surface area contributed by atoms with Crippen molar-refractivity contribution >= 4 is 0 Å². The van der Waals surface area contributed by atoms with E-state index in [1.165, 1.54) is 0 Å². The summed E-state index contributed by atoms with van der Waals surface area (Å²) in [4.78, 5) is 0. The van der Waals surface area contributed by atoms with E-state index >= 15 is 0 Å². The summed E-state index contributed by atoms with van der Waals surface area (Å²) in [5.41, 5.74) is 0.276. The van der Waals surface area contributed by atoms with Crippen molar-refractivity contribution in [3.8, 4) is 0 Å². The van der Waals surface area contributed by atoms with E-state index in [1.54, 1.807) is 0 Å². The highest BCUT2D eigenvalue weighted by molar-refractivity contribution is 4.96. The zero-order chi connectivity index (χ0) is 8.48. The minimum atomic E-state index is -0.0805. The molecular weight excluding hydrogens is 136 g/mol. The first-order valence-electron chi connectivity index (χ1n) is 4.39. The van der Waals surface area contributed by atoms with Crippen molar-refractivity contribution in [2.24, 2.45) is 11.3 Å². The fraction of sp³-hybridized carbons (Fsp3) is 0.800. The van der Waals surface area contributed by atoms with Crippen LogP contribution in [-0.4, -0.2) is 11.2 Å². The van der Waals surface area contributed by atoms with Crippen molar-refractivity contribution in [2.75, 3.05) is 0 Å². The first kappa shape index (κ1) is 8.79. The first-order chi connectivity index (χ1) is 5.07. The molecule has 0 aliphatic heterocycles. The van der Waals surface area contributed by atoms with Crippen molar-refractivity contribution in [1.82, 2.24) is 0 Å². The summed E-state index contributed by atoms with van der Waals surface area (Å²) in [6.07, 6.45) is 5.06. The lowest BCUT2D eigenvalue weighted by molar-refractivity contribution is 0.0405. The Labute approximate surface area is 69.1 Å². The Balaban J connectivity index is 2.58. The highest BCUT2D eigenvalue weighted by Crippen LogP contribution is 2.39. The van der Waals surface area contributed by atoms with Crippen molar-refractivity contribution in [3.05, 3.63) is 12.7 Å². The molecule has 0 aromatic carbocycles. The number of aliphatic hydroxyl groups is 1. The van der Waals surface area contributed by atoms with E-state index in [4.69, 9.17) is 0 Å². The smallest absolute Gasteiger partial charge is 0.0566 e. The topological polar surface area (TPSA) is 20.2 Å². The third-order valence-corrected chi connectivity index (χ3v) is 2.95. The van der Waals surface area contributed by atoms with Gasteiger partial charge in [-0.05, 0) is 30.6 Å². The van der Waals surface area contributed by atoms with E-state index < -0.39 is 0 Å². The van der Waals surface area contributed by atoms with Crippen LogP contribution in [0.15, 0.2) is 12.7 Å². The molecule has 1 aliphatic rings. The molecule has 1 saturated carbocycles. The molecule has 3 atom stereocenters. The molecule has 0 aromatic rings. The van der Waals surface area contributed by atoms with Gasteiger partial charge in [0.2, 0.25) is 0 Å². The van der Waals surface area contributed by atoms with E-state index in [-0.39, 0.29) is 11.5 Å². The Morgan fingerprint density at radius 1 is 1.64 bits per heavy atom. The second-order valence-electron chi connectivity index (χ2n) is 4.15. The molecule has 1 nitrogen and oxygen atoms in total. The molecular formula is C10H18O. The molecule has 0 amide bonds. The molecule has 1 fully saturated rings. The summed E-state index contributed by atoms with van der Waals surface area (Å²) in [5, 5.41) is 9.47. The SMILES string of the molecule is C=CC1(C)CCC(O)C(C)C1. The van der Waals surface area contributed by atoms with Crippen LogP contribution in [-0.2, 0) is 0 Å². The highest BCUT2D eigenvalue weighted by atomic mass is 16.3. The summed E-state index contributed by atoms with van der Waals surface area (Å²) in [6, 6.07) is 0. The second kappa shape index (κ2) is 2.98. The predicted molar refractivity (Wildman–Crippen MR) is 47.3 cm³/mol. The molecule has 0 spiro atoms. The van der Waals surface area contributed by atoms with Gasteiger partial charge >= 0.3 is 0 Å². The normalized spacial score (nSPS) is 45.4.